The van der Waals surface area contributed by atoms with E-state index in [4.69, 9.17) is 14.2 Å². The maximum atomic E-state index is 13.6. The van der Waals surface area contributed by atoms with E-state index in [9.17, 15) is 19.2 Å². The number of unbranched alkanes of at least 4 members (excludes halogenated alkanes) is 2. The molecule has 0 spiro atoms. The van der Waals surface area contributed by atoms with Gasteiger partial charge >= 0.3 is 12.1 Å². The van der Waals surface area contributed by atoms with Gasteiger partial charge in [0.05, 0.1) is 24.8 Å². The lowest BCUT2D eigenvalue weighted by atomic mass is 9.85. The predicted octanol–water partition coefficient (Wildman–Crippen LogP) is 6.36. The molecule has 3 aliphatic rings. The normalized spacial score (nSPS) is 21.8. The first-order valence-electron chi connectivity index (χ1n) is 19.4. The number of alkyl carbamates (subject to hydrolysis) is 1. The number of hydrogen-bond acceptors (Lipinski definition) is 8. The van der Waals surface area contributed by atoms with Gasteiger partial charge in [0.15, 0.2) is 0 Å². The summed E-state index contributed by atoms with van der Waals surface area (Å²) >= 11 is 0. The highest BCUT2D eigenvalue weighted by Crippen LogP contribution is 2.34. The van der Waals surface area contributed by atoms with E-state index in [1.807, 2.05) is 45.0 Å². The van der Waals surface area contributed by atoms with Crippen molar-refractivity contribution in [2.75, 3.05) is 39.9 Å². The molecule has 2 saturated heterocycles. The van der Waals surface area contributed by atoms with Crippen molar-refractivity contribution in [2.24, 2.45) is 11.3 Å². The number of piperidine rings is 1. The zero-order valence-corrected chi connectivity index (χ0v) is 31.3. The molecule has 3 fully saturated rings. The number of ether oxygens (including phenoxy) is 3. The van der Waals surface area contributed by atoms with E-state index in [0.717, 1.165) is 93.2 Å². The van der Waals surface area contributed by atoms with Crippen molar-refractivity contribution in [3.8, 4) is 5.75 Å². The first-order chi connectivity index (χ1) is 24.6. The number of esters is 1. The number of para-hydroxylation sites is 1. The highest BCUT2D eigenvalue weighted by molar-refractivity contribution is 5.91. The molecular weight excluding hydrogens is 648 g/mol. The van der Waals surface area contributed by atoms with Gasteiger partial charge in [0.25, 0.3) is 5.56 Å². The molecule has 2 aromatic rings. The van der Waals surface area contributed by atoms with E-state index in [1.54, 1.807) is 0 Å². The van der Waals surface area contributed by atoms with E-state index >= 15 is 0 Å². The van der Waals surface area contributed by atoms with Gasteiger partial charge in [0, 0.05) is 18.5 Å². The molecule has 1 unspecified atom stereocenters. The Balaban J connectivity index is 1.11. The largest absolute Gasteiger partial charge is 0.492 e. The number of carbonyl (C=O) groups is 3. The Morgan fingerprint density at radius 2 is 1.73 bits per heavy atom. The van der Waals surface area contributed by atoms with Crippen molar-refractivity contribution >= 4 is 28.9 Å². The van der Waals surface area contributed by atoms with Gasteiger partial charge in [0.2, 0.25) is 5.91 Å². The number of pyridine rings is 1. The van der Waals surface area contributed by atoms with Crippen LogP contribution in [0.1, 0.15) is 110 Å². The summed E-state index contributed by atoms with van der Waals surface area (Å²) < 4.78 is 17.3. The van der Waals surface area contributed by atoms with Gasteiger partial charge < -0.3 is 34.3 Å². The summed E-state index contributed by atoms with van der Waals surface area (Å²) in [5.41, 5.74) is 0.861. The number of H-pyrrole nitrogens is 1. The Labute approximate surface area is 303 Å². The Morgan fingerprint density at radius 1 is 0.941 bits per heavy atom. The van der Waals surface area contributed by atoms with Crippen molar-refractivity contribution in [1.82, 2.24) is 20.1 Å². The van der Waals surface area contributed by atoms with Crippen LogP contribution in [0.15, 0.2) is 29.1 Å². The zero-order chi connectivity index (χ0) is 36.4. The molecule has 5 rings (SSSR count). The van der Waals surface area contributed by atoms with Crippen molar-refractivity contribution in [1.29, 1.82) is 0 Å². The molecule has 1 saturated carbocycles. The third-order valence-electron chi connectivity index (χ3n) is 11.0. The Bertz CT molecular complexity index is 1530. The molecule has 282 valence electrons. The number of nitrogens with one attached hydrogen (secondary N) is 2. The summed E-state index contributed by atoms with van der Waals surface area (Å²) in [6.45, 7) is 10.1. The molecule has 11 nitrogen and oxygen atoms in total. The summed E-state index contributed by atoms with van der Waals surface area (Å²) in [6, 6.07) is 6.41. The first kappa shape index (κ1) is 38.6. The topological polar surface area (TPSA) is 130 Å². The van der Waals surface area contributed by atoms with Crippen LogP contribution in [-0.2, 0) is 25.5 Å². The number of carbonyl (C=O) groups excluding carboxylic acids is 3. The molecular formula is C40H60N4O7. The highest BCUT2D eigenvalue weighted by Gasteiger charge is 2.43. The second-order valence-electron chi connectivity index (χ2n) is 15.8. The SMILES string of the molecule is COC(=O)[C@@H]1CCCN1C(=O)[C@@H](NC(=O)OC1CCC[C@H]1CCCCCc1c(OCCCN2CCCCC2)c2ccccc2[nH]c1=O)C(C)(C)C. The summed E-state index contributed by atoms with van der Waals surface area (Å²) in [5.74, 6) is 0.262. The third kappa shape index (κ3) is 10.3. The maximum absolute atomic E-state index is 13.6. The number of benzene rings is 1. The number of nitrogens with zero attached hydrogens (tertiary/aromatic N) is 2. The number of aromatic nitrogens is 1. The van der Waals surface area contributed by atoms with Crippen molar-refractivity contribution in [2.45, 2.75) is 129 Å². The predicted molar refractivity (Wildman–Crippen MR) is 198 cm³/mol. The van der Waals surface area contributed by atoms with E-state index < -0.39 is 29.6 Å². The minimum Gasteiger partial charge on any atom is -0.492 e. The number of likely N-dealkylation sites (tertiary alicyclic amines) is 2. The smallest absolute Gasteiger partial charge is 0.408 e. The summed E-state index contributed by atoms with van der Waals surface area (Å²) in [4.78, 5) is 59.5. The zero-order valence-electron chi connectivity index (χ0n) is 31.3. The van der Waals surface area contributed by atoms with Crippen LogP contribution < -0.4 is 15.6 Å². The van der Waals surface area contributed by atoms with Crippen LogP contribution in [-0.4, -0.2) is 90.8 Å². The molecule has 2 aliphatic heterocycles. The van der Waals surface area contributed by atoms with E-state index in [2.05, 4.69) is 15.2 Å². The van der Waals surface area contributed by atoms with Crippen LogP contribution >= 0.6 is 0 Å². The molecule has 0 bridgehead atoms. The third-order valence-corrected chi connectivity index (χ3v) is 11.0. The lowest BCUT2D eigenvalue weighted by Gasteiger charge is -2.35. The number of amides is 2. The molecule has 2 amide bonds. The van der Waals surface area contributed by atoms with E-state index in [-0.39, 0.29) is 23.5 Å². The van der Waals surface area contributed by atoms with Gasteiger partial charge in [0.1, 0.15) is 23.9 Å². The summed E-state index contributed by atoms with van der Waals surface area (Å²) in [5, 5.41) is 3.81. The van der Waals surface area contributed by atoms with Crippen molar-refractivity contribution < 1.29 is 28.6 Å². The lowest BCUT2D eigenvalue weighted by molar-refractivity contribution is -0.152. The second kappa shape index (κ2) is 18.2. The number of fused-ring (bicyclic) bond motifs is 1. The van der Waals surface area contributed by atoms with Crippen LogP contribution in [0, 0.1) is 11.3 Å². The van der Waals surface area contributed by atoms with Gasteiger partial charge in [-0.15, -0.1) is 0 Å². The number of hydrogen-bond donors (Lipinski definition) is 2. The Hall–Kier alpha value is -3.60. The maximum Gasteiger partial charge on any atom is 0.408 e. The fraction of sp³-hybridized carbons (Fsp3) is 0.700. The molecule has 2 N–H and O–H groups in total. The minimum absolute atomic E-state index is 0.0763. The van der Waals surface area contributed by atoms with Crippen molar-refractivity contribution in [3.63, 3.8) is 0 Å². The van der Waals surface area contributed by atoms with E-state index in [0.29, 0.717) is 32.4 Å². The van der Waals surface area contributed by atoms with Crippen LogP contribution in [0.3, 0.4) is 0 Å². The van der Waals surface area contributed by atoms with Crippen LogP contribution in [0.2, 0.25) is 0 Å². The fourth-order valence-corrected chi connectivity index (χ4v) is 8.18. The average molecular weight is 709 g/mol. The molecule has 1 aliphatic carbocycles. The van der Waals surface area contributed by atoms with Gasteiger partial charge in [-0.05, 0) is 107 Å². The average Bonchev–Trinajstić information content (AvgIpc) is 3.79. The molecule has 1 aromatic heterocycles. The molecule has 4 atom stereocenters. The fourth-order valence-electron chi connectivity index (χ4n) is 8.18. The molecule has 1 aromatic carbocycles. The van der Waals surface area contributed by atoms with Crippen molar-refractivity contribution in [3.05, 3.63) is 40.2 Å². The molecule has 51 heavy (non-hydrogen) atoms. The summed E-state index contributed by atoms with van der Waals surface area (Å²) in [7, 11) is 1.33. The van der Waals surface area contributed by atoms with Gasteiger partial charge in [-0.2, -0.15) is 0 Å². The van der Waals surface area contributed by atoms with Gasteiger partial charge in [-0.25, -0.2) is 9.59 Å². The number of rotatable bonds is 15. The Morgan fingerprint density at radius 3 is 2.49 bits per heavy atom. The quantitative estimate of drug-likeness (QED) is 0.162. The Kier molecular flexibility index (Phi) is 13.8. The molecule has 0 radical (unpaired) electrons. The van der Waals surface area contributed by atoms with Gasteiger partial charge in [-0.1, -0.05) is 52.2 Å². The van der Waals surface area contributed by atoms with Crippen LogP contribution in [0.5, 0.6) is 5.75 Å². The first-order valence-corrected chi connectivity index (χ1v) is 19.4. The second-order valence-corrected chi connectivity index (χ2v) is 15.8. The number of methoxy groups -OCH3 is 1. The highest BCUT2D eigenvalue weighted by atomic mass is 16.6. The number of aromatic amines is 1. The minimum atomic E-state index is -0.836. The summed E-state index contributed by atoms with van der Waals surface area (Å²) in [6.07, 6.45) is 12.4. The monoisotopic (exact) mass is 708 g/mol. The van der Waals surface area contributed by atoms with Gasteiger partial charge in [-0.3, -0.25) is 9.59 Å². The lowest BCUT2D eigenvalue weighted by Crippen LogP contribution is -2.57. The standard InChI is InChI=1S/C40H60N4O7/c1-40(2,3)35(37(46)44-26-14-21-32(44)38(47)49-4)42-39(48)51-33-22-13-17-28(33)16-7-5-8-19-30-34(29-18-9-10-20-31(29)41-36(30)45)50-27-15-25-43-23-11-6-12-24-43/h9-10,18,20,28,32-33,35H,5-8,11-17,19,21-27H2,1-4H3,(H,41,45)(H,42,48)/t28-,32+,33?,35-/m1/s1. The molecule has 11 heteroatoms. The van der Waals surface area contributed by atoms with E-state index in [1.165, 1.54) is 31.3 Å². The van der Waals surface area contributed by atoms with Crippen LogP contribution in [0.4, 0.5) is 4.79 Å². The molecule has 3 heterocycles. The van der Waals surface area contributed by atoms with Crippen LogP contribution in [0.25, 0.3) is 10.9 Å².